The van der Waals surface area contributed by atoms with E-state index in [4.69, 9.17) is 0 Å². The number of fused-ring (bicyclic) bond motifs is 5. The highest BCUT2D eigenvalue weighted by atomic mass is 16.3. The molecule has 0 amide bonds. The summed E-state index contributed by atoms with van der Waals surface area (Å²) < 4.78 is 0. The van der Waals surface area contributed by atoms with Gasteiger partial charge in [0.15, 0.2) is 5.78 Å². The van der Waals surface area contributed by atoms with Crippen molar-refractivity contribution in [2.24, 2.45) is 28.6 Å². The van der Waals surface area contributed by atoms with Crippen molar-refractivity contribution >= 4 is 5.78 Å². The Hall–Kier alpha value is -1.14. The van der Waals surface area contributed by atoms with Gasteiger partial charge in [0.2, 0.25) is 0 Å². The molecular weight excluding hydrogens is 298 g/mol. The third-order valence-corrected chi connectivity index (χ3v) is 8.66. The Morgan fingerprint density at radius 3 is 2.67 bits per heavy atom. The zero-order valence-electron chi connectivity index (χ0n) is 15.0. The molecule has 0 unspecified atom stereocenters. The number of carbonyl (C=O) groups excluding carboxylic acids is 1. The fraction of sp³-hybridized carbons (Fsp3) is 0.810. The third-order valence-electron chi connectivity index (χ3n) is 8.66. The summed E-state index contributed by atoms with van der Waals surface area (Å²) >= 11 is 0. The standard InChI is InChI=1S/C21H29NO2/c1-19-8-5-15(23)13-14(19)3-4-16-17(19)6-9-20(2)18(16)7-10-21(20,24)11-12-22/h13,16-18,24H,3-11H2,1-2H3/t16-,17-,18+,19+,20+,21-/m0/s1. The largest absolute Gasteiger partial charge is 0.388 e. The lowest BCUT2D eigenvalue weighted by atomic mass is 9.46. The lowest BCUT2D eigenvalue weighted by Crippen LogP contribution is -2.54. The van der Waals surface area contributed by atoms with Crippen molar-refractivity contribution in [3.63, 3.8) is 0 Å². The van der Waals surface area contributed by atoms with Gasteiger partial charge >= 0.3 is 0 Å². The van der Waals surface area contributed by atoms with Gasteiger partial charge in [0.25, 0.3) is 0 Å². The number of nitrogens with zero attached hydrogens (tertiary/aromatic N) is 1. The number of allylic oxidation sites excluding steroid dienone is 1. The summed E-state index contributed by atoms with van der Waals surface area (Å²) in [5, 5.41) is 20.4. The van der Waals surface area contributed by atoms with Crippen LogP contribution in [0.15, 0.2) is 11.6 Å². The Bertz CT molecular complexity index is 647. The Kier molecular flexibility index (Phi) is 3.52. The molecule has 0 aromatic rings. The van der Waals surface area contributed by atoms with Crippen LogP contribution in [0.25, 0.3) is 0 Å². The molecule has 1 N–H and O–H groups in total. The number of rotatable bonds is 1. The Morgan fingerprint density at radius 2 is 1.92 bits per heavy atom. The summed E-state index contributed by atoms with van der Waals surface area (Å²) in [6.45, 7) is 4.64. The first kappa shape index (κ1) is 16.3. The van der Waals surface area contributed by atoms with Gasteiger partial charge in [0.05, 0.1) is 18.1 Å². The van der Waals surface area contributed by atoms with Crippen LogP contribution in [-0.2, 0) is 4.79 Å². The molecule has 6 atom stereocenters. The smallest absolute Gasteiger partial charge is 0.155 e. The molecule has 3 heteroatoms. The number of hydrogen-bond donors (Lipinski definition) is 1. The Morgan fingerprint density at radius 1 is 1.17 bits per heavy atom. The summed E-state index contributed by atoms with van der Waals surface area (Å²) in [6, 6.07) is 2.24. The molecule has 4 aliphatic rings. The Labute approximate surface area is 145 Å². The molecule has 3 nitrogen and oxygen atoms in total. The summed E-state index contributed by atoms with van der Waals surface area (Å²) in [4.78, 5) is 11.9. The van der Waals surface area contributed by atoms with Gasteiger partial charge in [-0.05, 0) is 74.2 Å². The van der Waals surface area contributed by atoms with E-state index in [1.807, 2.05) is 6.08 Å². The molecule has 0 saturated heterocycles. The molecule has 0 heterocycles. The predicted molar refractivity (Wildman–Crippen MR) is 91.9 cm³/mol. The maximum Gasteiger partial charge on any atom is 0.155 e. The highest BCUT2D eigenvalue weighted by Crippen LogP contribution is 2.67. The van der Waals surface area contributed by atoms with Crippen molar-refractivity contribution in [3.05, 3.63) is 11.6 Å². The zero-order chi connectivity index (χ0) is 17.2. The molecule has 130 valence electrons. The van der Waals surface area contributed by atoms with Gasteiger partial charge in [-0.1, -0.05) is 19.4 Å². The quantitative estimate of drug-likeness (QED) is 0.786. The SMILES string of the molecule is C[C@@]12CCC(=O)C=C1CC[C@@H]1[C@H]3CC[C@](O)(CC#N)[C@]3(C)CC[C@@H]12. The average molecular weight is 327 g/mol. The summed E-state index contributed by atoms with van der Waals surface area (Å²) in [6.07, 6.45) is 10.1. The van der Waals surface area contributed by atoms with E-state index in [1.54, 1.807) is 0 Å². The van der Waals surface area contributed by atoms with Gasteiger partial charge in [0.1, 0.15) is 0 Å². The molecule has 3 fully saturated rings. The highest BCUT2D eigenvalue weighted by molar-refractivity contribution is 5.91. The molecule has 0 aromatic carbocycles. The van der Waals surface area contributed by atoms with Crippen LogP contribution < -0.4 is 0 Å². The minimum Gasteiger partial charge on any atom is -0.388 e. The van der Waals surface area contributed by atoms with E-state index < -0.39 is 5.60 Å². The van der Waals surface area contributed by atoms with Gasteiger partial charge in [-0.15, -0.1) is 0 Å². The zero-order valence-corrected chi connectivity index (χ0v) is 15.0. The minimum absolute atomic E-state index is 0.105. The highest BCUT2D eigenvalue weighted by Gasteiger charge is 2.63. The molecular formula is C21H29NO2. The van der Waals surface area contributed by atoms with Crippen molar-refractivity contribution in [1.29, 1.82) is 5.26 Å². The summed E-state index contributed by atoms with van der Waals surface area (Å²) in [5.74, 6) is 2.14. The van der Waals surface area contributed by atoms with Gasteiger partial charge in [-0.3, -0.25) is 4.79 Å². The molecule has 24 heavy (non-hydrogen) atoms. The van der Waals surface area contributed by atoms with Crippen molar-refractivity contribution in [1.82, 2.24) is 0 Å². The van der Waals surface area contributed by atoms with Gasteiger partial charge < -0.3 is 5.11 Å². The second kappa shape index (κ2) is 5.18. The normalized spacial score (nSPS) is 50.3. The average Bonchev–Trinajstić information content (AvgIpc) is 2.80. The van der Waals surface area contributed by atoms with Gasteiger partial charge in [0, 0.05) is 11.8 Å². The lowest BCUT2D eigenvalue weighted by Gasteiger charge is -2.59. The van der Waals surface area contributed by atoms with Crippen LogP contribution in [0.1, 0.15) is 71.6 Å². The predicted octanol–water partition coefficient (Wildman–Crippen LogP) is 4.16. The van der Waals surface area contributed by atoms with E-state index in [2.05, 4.69) is 19.9 Å². The van der Waals surface area contributed by atoms with Crippen LogP contribution >= 0.6 is 0 Å². The van der Waals surface area contributed by atoms with E-state index in [-0.39, 0.29) is 17.3 Å². The first-order valence-electron chi connectivity index (χ1n) is 9.67. The first-order valence-corrected chi connectivity index (χ1v) is 9.67. The van der Waals surface area contributed by atoms with Crippen LogP contribution in [0.5, 0.6) is 0 Å². The topological polar surface area (TPSA) is 61.1 Å². The molecule has 0 aliphatic heterocycles. The van der Waals surface area contributed by atoms with Crippen molar-refractivity contribution in [2.45, 2.75) is 77.2 Å². The molecule has 0 aromatic heterocycles. The summed E-state index contributed by atoms with van der Waals surface area (Å²) in [5.41, 5.74) is 0.686. The van der Waals surface area contributed by atoms with Crippen molar-refractivity contribution < 1.29 is 9.90 Å². The van der Waals surface area contributed by atoms with E-state index in [0.717, 1.165) is 44.9 Å². The monoisotopic (exact) mass is 327 g/mol. The first-order chi connectivity index (χ1) is 11.3. The molecule has 4 aliphatic carbocycles. The Balaban J connectivity index is 1.67. The molecule has 0 spiro atoms. The van der Waals surface area contributed by atoms with E-state index in [0.29, 0.717) is 30.0 Å². The number of aliphatic hydroxyl groups is 1. The second-order valence-electron chi connectivity index (χ2n) is 9.33. The van der Waals surface area contributed by atoms with Crippen LogP contribution in [0.3, 0.4) is 0 Å². The maximum atomic E-state index is 11.9. The van der Waals surface area contributed by atoms with E-state index >= 15 is 0 Å². The minimum atomic E-state index is -0.795. The number of nitriles is 1. The fourth-order valence-corrected chi connectivity index (χ4v) is 7.09. The molecule has 4 rings (SSSR count). The molecule has 0 radical (unpaired) electrons. The molecule has 0 bridgehead atoms. The number of hydrogen-bond acceptors (Lipinski definition) is 3. The van der Waals surface area contributed by atoms with E-state index in [1.165, 1.54) is 5.57 Å². The van der Waals surface area contributed by atoms with Gasteiger partial charge in [-0.2, -0.15) is 5.26 Å². The van der Waals surface area contributed by atoms with Crippen LogP contribution in [-0.4, -0.2) is 16.5 Å². The van der Waals surface area contributed by atoms with E-state index in [9.17, 15) is 15.2 Å². The van der Waals surface area contributed by atoms with Crippen molar-refractivity contribution in [2.75, 3.05) is 0 Å². The van der Waals surface area contributed by atoms with Crippen LogP contribution in [0.2, 0.25) is 0 Å². The lowest BCUT2D eigenvalue weighted by molar-refractivity contribution is -0.128. The summed E-state index contributed by atoms with van der Waals surface area (Å²) in [7, 11) is 0. The third kappa shape index (κ3) is 1.96. The van der Waals surface area contributed by atoms with Crippen LogP contribution in [0, 0.1) is 39.9 Å². The van der Waals surface area contributed by atoms with Crippen molar-refractivity contribution in [3.8, 4) is 6.07 Å². The molecule has 3 saturated carbocycles. The second-order valence-corrected chi connectivity index (χ2v) is 9.33. The van der Waals surface area contributed by atoms with Crippen LogP contribution in [0.4, 0.5) is 0 Å². The number of ketones is 1. The fourth-order valence-electron chi connectivity index (χ4n) is 7.09. The number of carbonyl (C=O) groups is 1. The maximum absolute atomic E-state index is 11.9. The van der Waals surface area contributed by atoms with Gasteiger partial charge in [-0.25, -0.2) is 0 Å².